The van der Waals surface area contributed by atoms with Gasteiger partial charge in [-0.05, 0) is 26.0 Å². The fourth-order valence-electron chi connectivity index (χ4n) is 4.04. The molecule has 29 heavy (non-hydrogen) atoms. The van der Waals surface area contributed by atoms with Crippen LogP contribution >= 0.6 is 0 Å². The van der Waals surface area contributed by atoms with Gasteiger partial charge in [0.2, 0.25) is 11.8 Å². The van der Waals surface area contributed by atoms with Gasteiger partial charge in [-0.25, -0.2) is 13.6 Å². The number of anilines is 1. The van der Waals surface area contributed by atoms with Gasteiger partial charge in [0.15, 0.2) is 0 Å². The second-order valence-corrected chi connectivity index (χ2v) is 8.40. The number of urea groups is 1. The molecule has 1 atom stereocenters. The number of carbonyl (C=O) groups excluding carboxylic acids is 3. The Morgan fingerprint density at radius 3 is 2.45 bits per heavy atom. The Morgan fingerprint density at radius 2 is 1.86 bits per heavy atom. The van der Waals surface area contributed by atoms with Crippen LogP contribution in [0.4, 0.5) is 19.3 Å². The van der Waals surface area contributed by atoms with Crippen LogP contribution in [0.5, 0.6) is 0 Å². The molecule has 1 aromatic carbocycles. The minimum absolute atomic E-state index is 0.0210. The monoisotopic (exact) mass is 408 g/mol. The maximum absolute atomic E-state index is 14.1. The van der Waals surface area contributed by atoms with E-state index in [1.165, 1.54) is 15.9 Å². The molecule has 0 unspecified atom stereocenters. The van der Waals surface area contributed by atoms with Crippen molar-refractivity contribution < 1.29 is 23.2 Å². The van der Waals surface area contributed by atoms with Crippen molar-refractivity contribution in [2.75, 3.05) is 45.2 Å². The predicted octanol–water partition coefficient (Wildman–Crippen LogP) is 1.92. The molecule has 2 aliphatic heterocycles. The predicted molar refractivity (Wildman–Crippen MR) is 103 cm³/mol. The normalized spacial score (nSPS) is 21.5. The van der Waals surface area contributed by atoms with Crippen molar-refractivity contribution >= 4 is 23.5 Å². The van der Waals surface area contributed by atoms with Gasteiger partial charge >= 0.3 is 6.03 Å². The van der Waals surface area contributed by atoms with E-state index < -0.39 is 23.1 Å². The molecule has 158 valence electrons. The molecule has 9 heteroatoms. The van der Waals surface area contributed by atoms with Crippen LogP contribution in [0.3, 0.4) is 0 Å². The Balaban J connectivity index is 1.72. The topological polar surface area (TPSA) is 64.2 Å². The maximum Gasteiger partial charge on any atom is 0.319 e. The van der Waals surface area contributed by atoms with Crippen LogP contribution in [0.2, 0.25) is 0 Å². The van der Waals surface area contributed by atoms with Gasteiger partial charge in [0.05, 0.1) is 17.1 Å². The van der Waals surface area contributed by atoms with E-state index in [0.717, 1.165) is 12.1 Å². The first kappa shape index (κ1) is 21.0. The van der Waals surface area contributed by atoms with Crippen LogP contribution in [-0.4, -0.2) is 78.4 Å². The highest BCUT2D eigenvalue weighted by Crippen LogP contribution is 2.31. The van der Waals surface area contributed by atoms with E-state index in [-0.39, 0.29) is 36.5 Å². The number of halogens is 2. The summed E-state index contributed by atoms with van der Waals surface area (Å²) in [5.74, 6) is -2.72. The summed E-state index contributed by atoms with van der Waals surface area (Å²) in [6, 6.07) is 2.91. The molecule has 0 radical (unpaired) electrons. The third kappa shape index (κ3) is 4.04. The molecular formula is C20H26F2N4O3. The molecule has 2 fully saturated rings. The fourth-order valence-corrected chi connectivity index (χ4v) is 4.04. The van der Waals surface area contributed by atoms with Gasteiger partial charge in [0, 0.05) is 52.8 Å². The van der Waals surface area contributed by atoms with Crippen LogP contribution in [-0.2, 0) is 9.59 Å². The first-order valence-electron chi connectivity index (χ1n) is 9.54. The summed E-state index contributed by atoms with van der Waals surface area (Å²) in [6.45, 7) is 4.96. The first-order valence-corrected chi connectivity index (χ1v) is 9.54. The van der Waals surface area contributed by atoms with Gasteiger partial charge in [0.25, 0.3) is 0 Å². The van der Waals surface area contributed by atoms with Crippen LogP contribution in [0.1, 0.15) is 20.3 Å². The number of amides is 4. The highest BCUT2D eigenvalue weighted by atomic mass is 19.1. The van der Waals surface area contributed by atoms with Gasteiger partial charge < -0.3 is 19.6 Å². The van der Waals surface area contributed by atoms with Gasteiger partial charge in [-0.15, -0.1) is 0 Å². The van der Waals surface area contributed by atoms with Crippen LogP contribution < -0.4 is 4.90 Å². The van der Waals surface area contributed by atoms with E-state index in [2.05, 4.69) is 0 Å². The highest BCUT2D eigenvalue weighted by Gasteiger charge is 2.44. The van der Waals surface area contributed by atoms with Crippen molar-refractivity contribution in [3.8, 4) is 0 Å². The second kappa shape index (κ2) is 7.61. The van der Waals surface area contributed by atoms with Gasteiger partial charge in [-0.1, -0.05) is 0 Å². The molecule has 0 aliphatic carbocycles. The summed E-state index contributed by atoms with van der Waals surface area (Å²) in [5.41, 5.74) is -0.620. The summed E-state index contributed by atoms with van der Waals surface area (Å²) in [5, 5.41) is 0. The minimum Gasteiger partial charge on any atom is -0.334 e. The summed E-state index contributed by atoms with van der Waals surface area (Å²) in [7, 11) is 3.36. The van der Waals surface area contributed by atoms with Crippen LogP contribution in [0.25, 0.3) is 0 Å². The quantitative estimate of drug-likeness (QED) is 0.751. The molecule has 0 bridgehead atoms. The lowest BCUT2D eigenvalue weighted by atomic mass is 9.95. The van der Waals surface area contributed by atoms with Crippen LogP contribution in [0.15, 0.2) is 18.2 Å². The molecule has 0 aromatic heterocycles. The molecule has 2 saturated heterocycles. The number of rotatable bonds is 2. The smallest absolute Gasteiger partial charge is 0.319 e. The lowest BCUT2D eigenvalue weighted by Gasteiger charge is -2.48. The Hall–Kier alpha value is -2.71. The molecular weight excluding hydrogens is 382 g/mol. The molecule has 3 rings (SSSR count). The molecule has 4 amide bonds. The summed E-state index contributed by atoms with van der Waals surface area (Å²) in [6.07, 6.45) is -0.0252. The zero-order chi connectivity index (χ0) is 21.5. The largest absolute Gasteiger partial charge is 0.334 e. The van der Waals surface area contributed by atoms with Crippen molar-refractivity contribution in [3.05, 3.63) is 29.8 Å². The second-order valence-electron chi connectivity index (χ2n) is 8.40. The average Bonchev–Trinajstić information content (AvgIpc) is 3.01. The Labute approximate surface area is 168 Å². The molecule has 0 spiro atoms. The van der Waals surface area contributed by atoms with E-state index >= 15 is 0 Å². The summed E-state index contributed by atoms with van der Waals surface area (Å²) in [4.78, 5) is 43.9. The molecule has 1 aromatic rings. The molecule has 2 aliphatic rings. The number of hydrogen-bond donors (Lipinski definition) is 0. The average molecular weight is 408 g/mol. The number of nitrogens with zero attached hydrogens (tertiary/aromatic N) is 4. The number of carbonyl (C=O) groups is 3. The fraction of sp³-hybridized carbons (Fsp3) is 0.550. The zero-order valence-electron chi connectivity index (χ0n) is 17.1. The Bertz CT molecular complexity index is 843. The molecule has 2 heterocycles. The number of hydrogen-bond acceptors (Lipinski definition) is 3. The minimum atomic E-state index is -0.831. The summed E-state index contributed by atoms with van der Waals surface area (Å²) < 4.78 is 27.3. The standard InChI is InChI=1S/C20H26F2N4O3/c1-20(2)12-24(19(29)23(3)4)7-8-26(20)18(28)13-9-17(27)25(11-13)16-6-5-14(21)10-15(16)22/h5-6,10,13H,7-9,11-12H2,1-4H3/t13-/m1/s1. The van der Waals surface area contributed by atoms with E-state index in [4.69, 9.17) is 0 Å². The van der Waals surface area contributed by atoms with E-state index in [1.807, 2.05) is 13.8 Å². The third-order valence-corrected chi connectivity index (χ3v) is 5.50. The molecule has 0 N–H and O–H groups in total. The van der Waals surface area contributed by atoms with Crippen molar-refractivity contribution in [1.29, 1.82) is 0 Å². The SMILES string of the molecule is CN(C)C(=O)N1CCN(C(=O)[C@@H]2CC(=O)N(c3ccc(F)cc3F)C2)C(C)(C)C1. The Morgan fingerprint density at radius 1 is 1.17 bits per heavy atom. The van der Waals surface area contributed by atoms with E-state index in [9.17, 15) is 23.2 Å². The van der Waals surface area contributed by atoms with Gasteiger partial charge in [-0.2, -0.15) is 0 Å². The highest BCUT2D eigenvalue weighted by molar-refractivity contribution is 6.00. The van der Waals surface area contributed by atoms with E-state index in [0.29, 0.717) is 19.6 Å². The van der Waals surface area contributed by atoms with Crippen LogP contribution in [0, 0.1) is 17.6 Å². The van der Waals surface area contributed by atoms with Crippen molar-refractivity contribution in [1.82, 2.24) is 14.7 Å². The van der Waals surface area contributed by atoms with Crippen molar-refractivity contribution in [2.24, 2.45) is 5.92 Å². The maximum atomic E-state index is 14.1. The molecule has 0 saturated carbocycles. The van der Waals surface area contributed by atoms with Gasteiger partial charge in [0.1, 0.15) is 11.6 Å². The van der Waals surface area contributed by atoms with Crippen molar-refractivity contribution in [3.63, 3.8) is 0 Å². The number of benzene rings is 1. The summed E-state index contributed by atoms with van der Waals surface area (Å²) >= 11 is 0. The number of piperazine rings is 1. The Kier molecular flexibility index (Phi) is 5.51. The first-order chi connectivity index (χ1) is 13.5. The van der Waals surface area contributed by atoms with E-state index in [1.54, 1.807) is 23.9 Å². The van der Waals surface area contributed by atoms with Gasteiger partial charge in [-0.3, -0.25) is 9.59 Å². The lowest BCUT2D eigenvalue weighted by Crippen LogP contribution is -2.64. The molecule has 7 nitrogen and oxygen atoms in total. The van der Waals surface area contributed by atoms with Crippen molar-refractivity contribution in [2.45, 2.75) is 25.8 Å². The lowest BCUT2D eigenvalue weighted by molar-refractivity contribution is -0.144. The zero-order valence-corrected chi connectivity index (χ0v) is 17.1. The third-order valence-electron chi connectivity index (χ3n) is 5.50.